The van der Waals surface area contributed by atoms with E-state index in [1.54, 1.807) is 0 Å². The zero-order chi connectivity index (χ0) is 13.4. The fraction of sp³-hybridized carbons (Fsp3) is 0.462. The molecule has 1 saturated carbocycles. The molecule has 18 heavy (non-hydrogen) atoms. The number of carbonyl (C=O) groups is 1. The van der Waals surface area contributed by atoms with Crippen molar-refractivity contribution in [1.29, 1.82) is 0 Å². The number of carboxylic acids is 1. The van der Waals surface area contributed by atoms with E-state index in [0.717, 1.165) is 10.0 Å². The van der Waals surface area contributed by atoms with Crippen molar-refractivity contribution in [1.82, 2.24) is 0 Å². The van der Waals surface area contributed by atoms with E-state index in [9.17, 15) is 9.90 Å². The van der Waals surface area contributed by atoms with E-state index in [1.807, 2.05) is 24.3 Å². The molecule has 98 valence electrons. The maximum atomic E-state index is 11.6. The van der Waals surface area contributed by atoms with Crippen molar-refractivity contribution in [3.05, 3.63) is 34.3 Å². The van der Waals surface area contributed by atoms with E-state index in [0.29, 0.717) is 12.8 Å². The molecule has 1 aromatic rings. The molecule has 0 aliphatic heterocycles. The monoisotopic (exact) mass is 314 g/mol. The number of benzene rings is 1. The summed E-state index contributed by atoms with van der Waals surface area (Å²) in [5.41, 5.74) is -0.172. The lowest BCUT2D eigenvalue weighted by molar-refractivity contribution is -0.277. The zero-order valence-corrected chi connectivity index (χ0v) is 11.9. The number of halogens is 1. The average molecular weight is 315 g/mol. The molecule has 0 aromatic heterocycles. The Morgan fingerprint density at radius 1 is 1.28 bits per heavy atom. The molecule has 0 unspecified atom stereocenters. The second-order valence-corrected chi connectivity index (χ2v) is 5.39. The molecule has 0 saturated heterocycles. The first-order chi connectivity index (χ1) is 8.49. The summed E-state index contributed by atoms with van der Waals surface area (Å²) in [7, 11) is 3.07. The number of ether oxygens (including phenoxy) is 2. The van der Waals surface area contributed by atoms with Gasteiger partial charge in [0.05, 0.1) is 0 Å². The van der Waals surface area contributed by atoms with E-state index in [-0.39, 0.29) is 0 Å². The Kier molecular flexibility index (Phi) is 3.49. The highest BCUT2D eigenvalue weighted by molar-refractivity contribution is 9.10. The van der Waals surface area contributed by atoms with Crippen molar-refractivity contribution in [2.75, 3.05) is 14.2 Å². The molecule has 0 amide bonds. The molecular formula is C13H15BrO4. The Labute approximate surface area is 114 Å². The third-order valence-corrected chi connectivity index (χ3v) is 4.38. The van der Waals surface area contributed by atoms with Crippen molar-refractivity contribution in [3.63, 3.8) is 0 Å². The molecule has 1 N–H and O–H groups in total. The summed E-state index contributed by atoms with van der Waals surface area (Å²) in [5.74, 6) is -1.63. The third-order valence-electron chi connectivity index (χ3n) is 3.69. The van der Waals surface area contributed by atoms with Crippen LogP contribution in [0.3, 0.4) is 0 Å². The van der Waals surface area contributed by atoms with Crippen molar-refractivity contribution < 1.29 is 19.4 Å². The van der Waals surface area contributed by atoms with Crippen LogP contribution in [0.4, 0.5) is 0 Å². The molecule has 2 rings (SSSR count). The zero-order valence-electron chi connectivity index (χ0n) is 10.3. The van der Waals surface area contributed by atoms with Crippen molar-refractivity contribution in [2.45, 2.75) is 24.0 Å². The molecule has 0 heterocycles. The SMILES string of the molecule is COC1(OC)CC(C(=O)O)(c2ccccc2Br)C1. The van der Waals surface area contributed by atoms with Gasteiger partial charge in [0, 0.05) is 31.5 Å². The van der Waals surface area contributed by atoms with Crippen LogP contribution in [0.5, 0.6) is 0 Å². The third kappa shape index (κ3) is 1.86. The lowest BCUT2D eigenvalue weighted by atomic mass is 9.60. The first-order valence-electron chi connectivity index (χ1n) is 5.58. The Hall–Kier alpha value is -0.910. The number of aliphatic carboxylic acids is 1. The van der Waals surface area contributed by atoms with Gasteiger partial charge >= 0.3 is 5.97 Å². The summed E-state index contributed by atoms with van der Waals surface area (Å²) in [5, 5.41) is 9.55. The number of methoxy groups -OCH3 is 2. The minimum absolute atomic E-state index is 0.310. The highest BCUT2D eigenvalue weighted by Crippen LogP contribution is 2.54. The van der Waals surface area contributed by atoms with Crippen molar-refractivity contribution >= 4 is 21.9 Å². The number of hydrogen-bond acceptors (Lipinski definition) is 3. The molecule has 0 spiro atoms. The minimum atomic E-state index is -0.938. The molecule has 1 aromatic carbocycles. The van der Waals surface area contributed by atoms with Gasteiger partial charge in [0.15, 0.2) is 5.79 Å². The van der Waals surface area contributed by atoms with E-state index >= 15 is 0 Å². The summed E-state index contributed by atoms with van der Waals surface area (Å²) < 4.78 is 11.4. The Morgan fingerprint density at radius 3 is 2.28 bits per heavy atom. The van der Waals surface area contributed by atoms with Crippen molar-refractivity contribution in [2.24, 2.45) is 0 Å². The Morgan fingerprint density at radius 2 is 1.83 bits per heavy atom. The Balaban J connectivity index is 2.39. The Bertz CT molecular complexity index is 460. The van der Waals surface area contributed by atoms with E-state index in [4.69, 9.17) is 9.47 Å². The van der Waals surface area contributed by atoms with Crippen LogP contribution in [0.25, 0.3) is 0 Å². The minimum Gasteiger partial charge on any atom is -0.481 e. The topological polar surface area (TPSA) is 55.8 Å². The van der Waals surface area contributed by atoms with Crippen LogP contribution in [-0.2, 0) is 19.7 Å². The fourth-order valence-corrected chi connectivity index (χ4v) is 3.21. The lowest BCUT2D eigenvalue weighted by Crippen LogP contribution is -2.60. The van der Waals surface area contributed by atoms with Gasteiger partial charge < -0.3 is 14.6 Å². The standard InChI is InChI=1S/C13H15BrO4/c1-17-13(18-2)7-12(8-13,11(15)16)9-5-3-4-6-10(9)14/h3-6H,7-8H2,1-2H3,(H,15,16). The van der Waals surface area contributed by atoms with Gasteiger partial charge in [-0.25, -0.2) is 0 Å². The molecule has 4 nitrogen and oxygen atoms in total. The summed E-state index contributed by atoms with van der Waals surface area (Å²) in [6, 6.07) is 7.37. The quantitative estimate of drug-likeness (QED) is 0.868. The predicted octanol–water partition coefficient (Wildman–Crippen LogP) is 2.55. The van der Waals surface area contributed by atoms with Crippen LogP contribution in [0.15, 0.2) is 28.7 Å². The molecule has 5 heteroatoms. The number of hydrogen-bond donors (Lipinski definition) is 1. The molecule has 1 fully saturated rings. The largest absolute Gasteiger partial charge is 0.481 e. The first-order valence-corrected chi connectivity index (χ1v) is 6.38. The average Bonchev–Trinajstić information content (AvgIpc) is 2.31. The summed E-state index contributed by atoms with van der Waals surface area (Å²) in [4.78, 5) is 11.6. The molecule has 0 radical (unpaired) electrons. The van der Waals surface area contributed by atoms with Gasteiger partial charge in [-0.1, -0.05) is 34.1 Å². The summed E-state index contributed by atoms with van der Waals surface area (Å²) >= 11 is 3.41. The molecule has 1 aliphatic rings. The van der Waals surface area contributed by atoms with Gasteiger partial charge in [0.25, 0.3) is 0 Å². The molecule has 0 atom stereocenters. The van der Waals surface area contributed by atoms with Gasteiger partial charge in [-0.2, -0.15) is 0 Å². The van der Waals surface area contributed by atoms with Crippen molar-refractivity contribution in [3.8, 4) is 0 Å². The van der Waals surface area contributed by atoms with Crippen LogP contribution in [0.2, 0.25) is 0 Å². The van der Waals surface area contributed by atoms with E-state index in [1.165, 1.54) is 14.2 Å². The maximum Gasteiger partial charge on any atom is 0.314 e. The second-order valence-electron chi connectivity index (χ2n) is 4.54. The van der Waals surface area contributed by atoms with Crippen LogP contribution in [0.1, 0.15) is 18.4 Å². The highest BCUT2D eigenvalue weighted by Gasteiger charge is 2.62. The van der Waals surface area contributed by atoms with Gasteiger partial charge in [-0.05, 0) is 11.6 Å². The molecular weight excluding hydrogens is 300 g/mol. The highest BCUT2D eigenvalue weighted by atomic mass is 79.9. The van der Waals surface area contributed by atoms with Gasteiger partial charge in [-0.15, -0.1) is 0 Å². The van der Waals surface area contributed by atoms with Gasteiger partial charge in [-0.3, -0.25) is 4.79 Å². The van der Waals surface area contributed by atoms with E-state index in [2.05, 4.69) is 15.9 Å². The normalized spacial score (nSPS) is 20.2. The van der Waals surface area contributed by atoms with E-state index < -0.39 is 17.2 Å². The number of carboxylic acid groups (broad SMARTS) is 1. The summed E-state index contributed by atoms with van der Waals surface area (Å²) in [6.45, 7) is 0. The second kappa shape index (κ2) is 4.64. The lowest BCUT2D eigenvalue weighted by Gasteiger charge is -2.51. The maximum absolute atomic E-state index is 11.6. The van der Waals surface area contributed by atoms with Crippen LogP contribution < -0.4 is 0 Å². The van der Waals surface area contributed by atoms with Gasteiger partial charge in [0.2, 0.25) is 0 Å². The van der Waals surface area contributed by atoms with Crippen LogP contribution in [-0.4, -0.2) is 31.1 Å². The predicted molar refractivity (Wildman–Crippen MR) is 69.4 cm³/mol. The first kappa shape index (κ1) is 13.5. The summed E-state index contributed by atoms with van der Waals surface area (Å²) in [6.07, 6.45) is 0.621. The smallest absolute Gasteiger partial charge is 0.314 e. The number of rotatable bonds is 4. The van der Waals surface area contributed by atoms with Gasteiger partial charge in [0.1, 0.15) is 5.41 Å². The molecule has 0 bridgehead atoms. The molecule has 1 aliphatic carbocycles. The van der Waals surface area contributed by atoms with Crippen LogP contribution >= 0.6 is 15.9 Å². The van der Waals surface area contributed by atoms with Crippen LogP contribution in [0, 0.1) is 0 Å². The fourth-order valence-electron chi connectivity index (χ4n) is 2.55.